The van der Waals surface area contributed by atoms with Gasteiger partial charge in [-0.1, -0.05) is 30.7 Å². The maximum atomic E-state index is 12.9. The number of nitrogens with zero attached hydrogens (tertiary/aromatic N) is 6. The highest BCUT2D eigenvalue weighted by molar-refractivity contribution is 7.89. The molecular formula is C29H36ClF3N8O2S. The SMILES string of the molecule is CC[C@H]1CN(c2ncc(NC3=NS(=O)(=O)NC3=NC3CC3)cc2Cl)CCN1C1CCN(Cc2ccc(C(F)(F)F)cc2)CC1. The molecule has 2 aromatic rings. The second-order valence-electron chi connectivity index (χ2n) is 11.8. The summed E-state index contributed by atoms with van der Waals surface area (Å²) in [5.74, 6) is 1.03. The molecule has 0 bridgehead atoms. The first-order valence-corrected chi connectivity index (χ1v) is 16.8. The van der Waals surface area contributed by atoms with Crippen molar-refractivity contribution in [2.45, 2.75) is 69.9 Å². The zero-order chi connectivity index (χ0) is 31.1. The lowest BCUT2D eigenvalue weighted by Crippen LogP contribution is -2.58. The third-order valence-electron chi connectivity index (χ3n) is 8.62. The molecule has 1 atom stereocenters. The quantitative estimate of drug-likeness (QED) is 0.453. The molecule has 10 nitrogen and oxygen atoms in total. The van der Waals surface area contributed by atoms with E-state index in [0.717, 1.165) is 82.5 Å². The van der Waals surface area contributed by atoms with Crippen LogP contribution < -0.4 is 14.9 Å². The molecule has 44 heavy (non-hydrogen) atoms. The number of likely N-dealkylation sites (tertiary alicyclic amines) is 1. The molecule has 1 aliphatic carbocycles. The number of pyridine rings is 1. The van der Waals surface area contributed by atoms with Crippen molar-refractivity contribution in [1.29, 1.82) is 0 Å². The second kappa shape index (κ2) is 12.5. The summed E-state index contributed by atoms with van der Waals surface area (Å²) in [4.78, 5) is 16.2. The van der Waals surface area contributed by atoms with E-state index >= 15 is 0 Å². The van der Waals surface area contributed by atoms with Crippen LogP contribution in [0.4, 0.5) is 24.7 Å². The van der Waals surface area contributed by atoms with Crippen molar-refractivity contribution in [3.63, 3.8) is 0 Å². The molecule has 1 aromatic heterocycles. The number of amidine groups is 2. The molecule has 0 unspecified atom stereocenters. The summed E-state index contributed by atoms with van der Waals surface area (Å²) in [6, 6.07) is 8.10. The summed E-state index contributed by atoms with van der Waals surface area (Å²) in [5.41, 5.74) is 0.802. The summed E-state index contributed by atoms with van der Waals surface area (Å²) in [5, 5.41) is 3.47. The Morgan fingerprint density at radius 1 is 1.09 bits per heavy atom. The lowest BCUT2D eigenvalue weighted by molar-refractivity contribution is -0.137. The molecule has 0 amide bonds. The number of anilines is 2. The molecule has 0 spiro atoms. The van der Waals surface area contributed by atoms with E-state index in [9.17, 15) is 21.6 Å². The molecule has 2 saturated heterocycles. The zero-order valence-electron chi connectivity index (χ0n) is 24.4. The van der Waals surface area contributed by atoms with Gasteiger partial charge in [-0.15, -0.1) is 4.40 Å². The van der Waals surface area contributed by atoms with Gasteiger partial charge in [-0.2, -0.15) is 21.6 Å². The van der Waals surface area contributed by atoms with Gasteiger partial charge in [-0.05, 0) is 69.0 Å². The third-order valence-corrected chi connectivity index (χ3v) is 9.77. The fraction of sp³-hybridized carbons (Fsp3) is 0.552. The molecule has 0 radical (unpaired) electrons. The summed E-state index contributed by atoms with van der Waals surface area (Å²) in [7, 11) is -3.82. The van der Waals surface area contributed by atoms with E-state index in [4.69, 9.17) is 11.6 Å². The molecule has 238 valence electrons. The second-order valence-corrected chi connectivity index (χ2v) is 13.6. The van der Waals surface area contributed by atoms with Crippen LogP contribution >= 0.6 is 11.6 Å². The number of alkyl halides is 3. The van der Waals surface area contributed by atoms with E-state index in [1.807, 2.05) is 0 Å². The maximum absolute atomic E-state index is 12.9. The molecule has 3 fully saturated rings. The molecule has 3 aliphatic heterocycles. The van der Waals surface area contributed by atoms with Gasteiger partial charge in [0.25, 0.3) is 0 Å². The molecule has 1 aromatic carbocycles. The van der Waals surface area contributed by atoms with Crippen LogP contribution in [0.15, 0.2) is 45.9 Å². The van der Waals surface area contributed by atoms with Crippen LogP contribution in [0.2, 0.25) is 5.02 Å². The number of rotatable bonds is 7. The number of hydrogen-bond donors (Lipinski definition) is 2. The van der Waals surface area contributed by atoms with E-state index < -0.39 is 21.9 Å². The summed E-state index contributed by atoms with van der Waals surface area (Å²) < 4.78 is 68.8. The summed E-state index contributed by atoms with van der Waals surface area (Å²) >= 11 is 6.70. The number of benzene rings is 1. The fourth-order valence-corrected chi connectivity index (χ4v) is 7.25. The molecular weight excluding hydrogens is 617 g/mol. The van der Waals surface area contributed by atoms with Crippen molar-refractivity contribution >= 4 is 45.0 Å². The first kappa shape index (κ1) is 31.1. The molecule has 1 saturated carbocycles. The van der Waals surface area contributed by atoms with Gasteiger partial charge in [-0.3, -0.25) is 14.8 Å². The molecule has 2 N–H and O–H groups in total. The van der Waals surface area contributed by atoms with Crippen molar-refractivity contribution in [3.05, 3.63) is 52.7 Å². The van der Waals surface area contributed by atoms with Gasteiger partial charge in [0.15, 0.2) is 11.7 Å². The lowest BCUT2D eigenvalue weighted by atomic mass is 9.97. The van der Waals surface area contributed by atoms with E-state index in [1.165, 1.54) is 0 Å². The van der Waals surface area contributed by atoms with E-state index in [0.29, 0.717) is 35.2 Å². The Hall–Kier alpha value is -2.94. The molecule has 15 heteroatoms. The van der Waals surface area contributed by atoms with Crippen molar-refractivity contribution < 1.29 is 21.6 Å². The first-order valence-electron chi connectivity index (χ1n) is 15.0. The summed E-state index contributed by atoms with van der Waals surface area (Å²) in [6.45, 7) is 7.08. The number of piperidine rings is 1. The van der Waals surface area contributed by atoms with Gasteiger partial charge in [0.2, 0.25) is 0 Å². The molecule has 4 aliphatic rings. The predicted octanol–water partition coefficient (Wildman–Crippen LogP) is 4.54. The van der Waals surface area contributed by atoms with E-state index in [-0.39, 0.29) is 17.7 Å². The highest BCUT2D eigenvalue weighted by atomic mass is 35.5. The topological polar surface area (TPSA) is 106 Å². The number of aromatic nitrogens is 1. The molecule has 6 rings (SSSR count). The fourth-order valence-electron chi connectivity index (χ4n) is 6.15. The van der Waals surface area contributed by atoms with Crippen LogP contribution in [-0.4, -0.2) is 85.7 Å². The number of hydrogen-bond acceptors (Lipinski definition) is 8. The van der Waals surface area contributed by atoms with Gasteiger partial charge >= 0.3 is 16.4 Å². The molecule has 4 heterocycles. The van der Waals surface area contributed by atoms with Crippen LogP contribution in [0, 0.1) is 0 Å². The predicted molar refractivity (Wildman–Crippen MR) is 166 cm³/mol. The minimum atomic E-state index is -4.32. The number of halogens is 4. The van der Waals surface area contributed by atoms with E-state index in [1.54, 1.807) is 24.4 Å². The third kappa shape index (κ3) is 7.30. The number of piperazine rings is 1. The highest BCUT2D eigenvalue weighted by Gasteiger charge is 2.35. The van der Waals surface area contributed by atoms with Crippen LogP contribution in [0.1, 0.15) is 50.2 Å². The van der Waals surface area contributed by atoms with Gasteiger partial charge in [-0.25, -0.2) is 9.71 Å². The minimum Gasteiger partial charge on any atom is -0.353 e. The van der Waals surface area contributed by atoms with Gasteiger partial charge < -0.3 is 10.2 Å². The Morgan fingerprint density at radius 3 is 2.45 bits per heavy atom. The van der Waals surface area contributed by atoms with Crippen LogP contribution in [-0.2, 0) is 22.9 Å². The summed E-state index contributed by atoms with van der Waals surface area (Å²) in [6.07, 6.45) is 2.17. The first-order chi connectivity index (χ1) is 21.0. The van der Waals surface area contributed by atoms with Crippen molar-refractivity contribution in [1.82, 2.24) is 19.5 Å². The zero-order valence-corrected chi connectivity index (χ0v) is 26.0. The lowest BCUT2D eigenvalue weighted by Gasteiger charge is -2.47. The Kier molecular flexibility index (Phi) is 8.79. The normalized spacial score (nSPS) is 24.4. The number of aliphatic imine (C=N–C) groups is 1. The number of nitrogens with one attached hydrogen (secondary N) is 2. The standard InChI is InChI=1S/C29H36ClF3N8O2S/c1-2-23-18-40(28-25(30)15-22(16-34-28)36-27-26(35-21-7-8-21)37-44(42,43)38-27)13-14-41(23)24-9-11-39(12-10-24)17-19-3-5-20(6-4-19)29(31,32)33/h3-6,15-16,21,23-24H,2,7-14,17-18H2,1H3,(H,35,37)(H,36,38)/t23-/m0/s1. The Morgan fingerprint density at radius 2 is 1.82 bits per heavy atom. The van der Waals surface area contributed by atoms with Crippen LogP contribution in [0.3, 0.4) is 0 Å². The van der Waals surface area contributed by atoms with Crippen molar-refractivity contribution in [3.8, 4) is 0 Å². The van der Waals surface area contributed by atoms with Crippen LogP contribution in [0.25, 0.3) is 0 Å². The maximum Gasteiger partial charge on any atom is 0.416 e. The smallest absolute Gasteiger partial charge is 0.353 e. The highest BCUT2D eigenvalue weighted by Crippen LogP contribution is 2.32. The average Bonchev–Trinajstić information content (AvgIpc) is 3.75. The average molecular weight is 653 g/mol. The monoisotopic (exact) mass is 652 g/mol. The minimum absolute atomic E-state index is 0.118. The van der Waals surface area contributed by atoms with Crippen molar-refractivity contribution in [2.24, 2.45) is 9.39 Å². The Bertz CT molecular complexity index is 1520. The van der Waals surface area contributed by atoms with Crippen LogP contribution in [0.5, 0.6) is 0 Å². The van der Waals surface area contributed by atoms with Crippen molar-refractivity contribution in [2.75, 3.05) is 42.9 Å². The van der Waals surface area contributed by atoms with Gasteiger partial charge in [0.1, 0.15) is 5.82 Å². The van der Waals surface area contributed by atoms with Gasteiger partial charge in [0, 0.05) is 38.3 Å². The van der Waals surface area contributed by atoms with E-state index in [2.05, 4.69) is 46.0 Å². The van der Waals surface area contributed by atoms with Gasteiger partial charge in [0.05, 0.1) is 28.5 Å². The Balaban J connectivity index is 1.03. The Labute approximate surface area is 260 Å². The largest absolute Gasteiger partial charge is 0.416 e.